The molecule has 0 saturated carbocycles. The average Bonchev–Trinajstić information content (AvgIpc) is 2.26. The highest BCUT2D eigenvalue weighted by Crippen LogP contribution is 2.15. The molecule has 0 unspecified atom stereocenters. The molecule has 0 saturated heterocycles. The van der Waals surface area contributed by atoms with Crippen molar-refractivity contribution in [3.63, 3.8) is 0 Å². The summed E-state index contributed by atoms with van der Waals surface area (Å²) in [7, 11) is 0. The van der Waals surface area contributed by atoms with E-state index in [1.165, 1.54) is 0 Å². The smallest absolute Gasteiger partial charge is 0.305 e. The lowest BCUT2D eigenvalue weighted by molar-refractivity contribution is -0.143. The zero-order valence-corrected chi connectivity index (χ0v) is 9.29. The Morgan fingerprint density at radius 3 is 2.53 bits per heavy atom. The van der Waals surface area contributed by atoms with E-state index in [4.69, 9.17) is 21.1 Å². The first-order valence-corrected chi connectivity index (χ1v) is 5.14. The number of carbonyl (C=O) groups is 1. The molecular weight excluding hydrogens is 216 g/mol. The van der Waals surface area contributed by atoms with Crippen LogP contribution in [0.25, 0.3) is 0 Å². The van der Waals surface area contributed by atoms with Gasteiger partial charge in [-0.15, -0.1) is 0 Å². The summed E-state index contributed by atoms with van der Waals surface area (Å²) in [5.74, 6) is 0.502. The maximum Gasteiger partial charge on any atom is 0.305 e. The van der Waals surface area contributed by atoms with Crippen LogP contribution in [0.15, 0.2) is 24.3 Å². The highest BCUT2D eigenvalue weighted by molar-refractivity contribution is 6.30. The monoisotopic (exact) mass is 228 g/mol. The van der Waals surface area contributed by atoms with Gasteiger partial charge in [0.2, 0.25) is 0 Å². The molecule has 0 spiro atoms. The minimum atomic E-state index is -0.213. The fourth-order valence-corrected chi connectivity index (χ4v) is 1.07. The molecular formula is C11H13ClO3. The summed E-state index contributed by atoms with van der Waals surface area (Å²) in [4.78, 5) is 10.8. The molecule has 0 atom stereocenters. The molecule has 0 amide bonds. The summed E-state index contributed by atoms with van der Waals surface area (Å²) in [5, 5.41) is 0.666. The van der Waals surface area contributed by atoms with Gasteiger partial charge in [0.05, 0.1) is 0 Å². The van der Waals surface area contributed by atoms with Crippen molar-refractivity contribution in [2.24, 2.45) is 0 Å². The van der Waals surface area contributed by atoms with Gasteiger partial charge in [-0.1, -0.05) is 18.5 Å². The van der Waals surface area contributed by atoms with E-state index in [0.29, 0.717) is 23.8 Å². The van der Waals surface area contributed by atoms with Crippen LogP contribution >= 0.6 is 11.6 Å². The molecule has 0 aliphatic rings. The number of rotatable bonds is 5. The molecule has 15 heavy (non-hydrogen) atoms. The summed E-state index contributed by atoms with van der Waals surface area (Å²) in [6.45, 7) is 2.38. The maximum absolute atomic E-state index is 10.8. The molecule has 0 aliphatic carbocycles. The van der Waals surface area contributed by atoms with E-state index >= 15 is 0 Å². The first kappa shape index (κ1) is 11.9. The SMILES string of the molecule is CCC(=O)OCCOc1ccc(Cl)cc1. The van der Waals surface area contributed by atoms with Gasteiger partial charge >= 0.3 is 5.97 Å². The summed E-state index contributed by atoms with van der Waals surface area (Å²) < 4.78 is 10.2. The lowest BCUT2D eigenvalue weighted by Gasteiger charge is -2.06. The molecule has 0 aromatic heterocycles. The van der Waals surface area contributed by atoms with E-state index in [0.717, 1.165) is 0 Å². The Hall–Kier alpha value is -1.22. The number of benzene rings is 1. The minimum Gasteiger partial charge on any atom is -0.490 e. The Morgan fingerprint density at radius 2 is 1.93 bits per heavy atom. The highest BCUT2D eigenvalue weighted by atomic mass is 35.5. The lowest BCUT2D eigenvalue weighted by atomic mass is 10.3. The molecule has 3 nitrogen and oxygen atoms in total. The second-order valence-corrected chi connectivity index (χ2v) is 3.31. The topological polar surface area (TPSA) is 35.5 Å². The number of ether oxygens (including phenoxy) is 2. The van der Waals surface area contributed by atoms with Crippen LogP contribution in [0, 0.1) is 0 Å². The molecule has 1 aromatic carbocycles. The molecule has 4 heteroatoms. The van der Waals surface area contributed by atoms with Crippen molar-refractivity contribution in [3.05, 3.63) is 29.3 Å². The molecule has 0 radical (unpaired) electrons. The zero-order chi connectivity index (χ0) is 11.1. The fourth-order valence-electron chi connectivity index (χ4n) is 0.948. The Bertz CT molecular complexity index is 308. The quantitative estimate of drug-likeness (QED) is 0.574. The maximum atomic E-state index is 10.8. The highest BCUT2D eigenvalue weighted by Gasteiger charge is 1.98. The fraction of sp³-hybridized carbons (Fsp3) is 0.364. The summed E-state index contributed by atoms with van der Waals surface area (Å²) >= 11 is 5.71. The summed E-state index contributed by atoms with van der Waals surface area (Å²) in [6.07, 6.45) is 0.390. The Kier molecular flexibility index (Phi) is 4.98. The lowest BCUT2D eigenvalue weighted by Crippen LogP contribution is -2.11. The third-order valence-corrected chi connectivity index (χ3v) is 1.97. The third-order valence-electron chi connectivity index (χ3n) is 1.72. The van der Waals surface area contributed by atoms with E-state index in [-0.39, 0.29) is 12.6 Å². The zero-order valence-electron chi connectivity index (χ0n) is 8.53. The second-order valence-electron chi connectivity index (χ2n) is 2.88. The van der Waals surface area contributed by atoms with Crippen LogP contribution in [-0.4, -0.2) is 19.2 Å². The third kappa shape index (κ3) is 4.70. The van der Waals surface area contributed by atoms with Gasteiger partial charge < -0.3 is 9.47 Å². The number of hydrogen-bond acceptors (Lipinski definition) is 3. The number of hydrogen-bond donors (Lipinski definition) is 0. The molecule has 0 aliphatic heterocycles. The molecule has 0 fully saturated rings. The van der Waals surface area contributed by atoms with E-state index in [1.807, 2.05) is 0 Å². The predicted octanol–water partition coefficient (Wildman–Crippen LogP) is 2.67. The van der Waals surface area contributed by atoms with Crippen molar-refractivity contribution in [2.75, 3.05) is 13.2 Å². The van der Waals surface area contributed by atoms with Crippen LogP contribution in [0.4, 0.5) is 0 Å². The van der Waals surface area contributed by atoms with Crippen LogP contribution in [-0.2, 0) is 9.53 Å². The van der Waals surface area contributed by atoms with E-state index in [9.17, 15) is 4.79 Å². The first-order chi connectivity index (χ1) is 7.22. The van der Waals surface area contributed by atoms with Crippen LogP contribution in [0.3, 0.4) is 0 Å². The molecule has 0 heterocycles. The van der Waals surface area contributed by atoms with E-state index < -0.39 is 0 Å². The van der Waals surface area contributed by atoms with Gasteiger partial charge in [0.25, 0.3) is 0 Å². The molecule has 82 valence electrons. The van der Waals surface area contributed by atoms with Crippen molar-refractivity contribution >= 4 is 17.6 Å². The van der Waals surface area contributed by atoms with Crippen LogP contribution in [0.1, 0.15) is 13.3 Å². The summed E-state index contributed by atoms with van der Waals surface area (Å²) in [5.41, 5.74) is 0. The van der Waals surface area contributed by atoms with E-state index in [2.05, 4.69) is 0 Å². The van der Waals surface area contributed by atoms with Gasteiger partial charge in [-0.2, -0.15) is 0 Å². The van der Waals surface area contributed by atoms with Crippen molar-refractivity contribution < 1.29 is 14.3 Å². The van der Waals surface area contributed by atoms with Gasteiger partial charge in [-0.3, -0.25) is 4.79 Å². The van der Waals surface area contributed by atoms with Gasteiger partial charge in [0, 0.05) is 11.4 Å². The van der Waals surface area contributed by atoms with Crippen molar-refractivity contribution in [1.29, 1.82) is 0 Å². The van der Waals surface area contributed by atoms with Gasteiger partial charge in [0.15, 0.2) is 0 Å². The van der Waals surface area contributed by atoms with Gasteiger partial charge in [0.1, 0.15) is 19.0 Å². The van der Waals surface area contributed by atoms with Crippen LogP contribution in [0.2, 0.25) is 5.02 Å². The Labute approximate surface area is 93.9 Å². The largest absolute Gasteiger partial charge is 0.490 e. The molecule has 1 aromatic rings. The second kappa shape index (κ2) is 6.30. The normalized spacial score (nSPS) is 9.73. The number of esters is 1. The van der Waals surface area contributed by atoms with Gasteiger partial charge in [-0.25, -0.2) is 0 Å². The average molecular weight is 229 g/mol. The Balaban J connectivity index is 2.20. The van der Waals surface area contributed by atoms with Gasteiger partial charge in [-0.05, 0) is 24.3 Å². The molecule has 0 N–H and O–H groups in total. The van der Waals surface area contributed by atoms with Crippen molar-refractivity contribution in [1.82, 2.24) is 0 Å². The Morgan fingerprint density at radius 1 is 1.27 bits per heavy atom. The van der Waals surface area contributed by atoms with Crippen LogP contribution in [0.5, 0.6) is 5.75 Å². The van der Waals surface area contributed by atoms with E-state index in [1.54, 1.807) is 31.2 Å². The summed E-state index contributed by atoms with van der Waals surface area (Å²) in [6, 6.07) is 7.03. The molecule has 0 bridgehead atoms. The van der Waals surface area contributed by atoms with Crippen molar-refractivity contribution in [2.45, 2.75) is 13.3 Å². The first-order valence-electron chi connectivity index (χ1n) is 4.76. The standard InChI is InChI=1S/C11H13ClO3/c1-2-11(13)15-8-7-14-10-5-3-9(12)4-6-10/h3-6H,2,7-8H2,1H3. The predicted molar refractivity (Wildman–Crippen MR) is 58.2 cm³/mol. The van der Waals surface area contributed by atoms with Crippen molar-refractivity contribution in [3.8, 4) is 5.75 Å². The number of carbonyl (C=O) groups excluding carboxylic acids is 1. The number of halogens is 1. The molecule has 1 rings (SSSR count). The minimum absolute atomic E-state index is 0.213. The van der Waals surface area contributed by atoms with Crippen LogP contribution < -0.4 is 4.74 Å².